The van der Waals surface area contributed by atoms with Crippen molar-refractivity contribution in [2.75, 3.05) is 19.6 Å². The van der Waals surface area contributed by atoms with Gasteiger partial charge in [-0.25, -0.2) is 0 Å². The molecular weight excluding hydrogens is 266 g/mol. The first-order valence-electron chi connectivity index (χ1n) is 6.00. The smallest absolute Gasteiger partial charge is 0.0492 e. The average Bonchev–Trinajstić information content (AvgIpc) is 2.66. The third kappa shape index (κ3) is 2.86. The lowest BCUT2D eigenvalue weighted by molar-refractivity contribution is 0.202. The zero-order valence-electron chi connectivity index (χ0n) is 10.1. The first-order chi connectivity index (χ1) is 7.66. The SMILES string of the molecule is CC1CCN(CCc2ccnn2C)CC1Br. The monoisotopic (exact) mass is 285 g/mol. The van der Waals surface area contributed by atoms with Crippen LogP contribution in [0.2, 0.25) is 0 Å². The summed E-state index contributed by atoms with van der Waals surface area (Å²) >= 11 is 3.77. The number of hydrogen-bond acceptors (Lipinski definition) is 2. The van der Waals surface area contributed by atoms with E-state index in [1.807, 2.05) is 17.9 Å². The zero-order valence-corrected chi connectivity index (χ0v) is 11.7. The molecule has 0 saturated carbocycles. The Bertz CT molecular complexity index is 337. The minimum Gasteiger partial charge on any atom is -0.302 e. The standard InChI is InChI=1S/C12H20BrN3/c1-10-4-7-16(9-12(10)13)8-5-11-3-6-14-15(11)2/h3,6,10,12H,4-5,7-9H2,1-2H3. The van der Waals surface area contributed by atoms with Gasteiger partial charge in [0.05, 0.1) is 0 Å². The molecule has 1 saturated heterocycles. The van der Waals surface area contributed by atoms with Crippen molar-refractivity contribution in [2.45, 2.75) is 24.6 Å². The first-order valence-corrected chi connectivity index (χ1v) is 6.91. The molecule has 1 aromatic rings. The Morgan fingerprint density at radius 3 is 3.00 bits per heavy atom. The maximum Gasteiger partial charge on any atom is 0.0492 e. The fraction of sp³-hybridized carbons (Fsp3) is 0.750. The predicted octanol–water partition coefficient (Wildman–Crippen LogP) is 2.07. The number of nitrogens with zero attached hydrogens (tertiary/aromatic N) is 3. The van der Waals surface area contributed by atoms with Gasteiger partial charge >= 0.3 is 0 Å². The average molecular weight is 286 g/mol. The molecule has 1 fully saturated rings. The predicted molar refractivity (Wildman–Crippen MR) is 69.8 cm³/mol. The van der Waals surface area contributed by atoms with Gasteiger partial charge in [-0.1, -0.05) is 22.9 Å². The van der Waals surface area contributed by atoms with Crippen molar-refractivity contribution in [3.63, 3.8) is 0 Å². The van der Waals surface area contributed by atoms with Crippen molar-refractivity contribution in [2.24, 2.45) is 13.0 Å². The van der Waals surface area contributed by atoms with Crippen LogP contribution in [-0.4, -0.2) is 39.1 Å². The molecule has 2 rings (SSSR count). The molecule has 0 aromatic carbocycles. The molecule has 16 heavy (non-hydrogen) atoms. The molecule has 2 unspecified atom stereocenters. The van der Waals surface area contributed by atoms with Crippen LogP contribution in [0.1, 0.15) is 19.0 Å². The number of rotatable bonds is 3. The minimum atomic E-state index is 0.660. The molecule has 1 aliphatic rings. The van der Waals surface area contributed by atoms with E-state index < -0.39 is 0 Å². The molecule has 0 spiro atoms. The highest BCUT2D eigenvalue weighted by atomic mass is 79.9. The zero-order chi connectivity index (χ0) is 11.5. The maximum absolute atomic E-state index is 4.20. The van der Waals surface area contributed by atoms with E-state index in [-0.39, 0.29) is 0 Å². The van der Waals surface area contributed by atoms with E-state index >= 15 is 0 Å². The highest BCUT2D eigenvalue weighted by Crippen LogP contribution is 2.23. The number of piperidine rings is 1. The van der Waals surface area contributed by atoms with Crippen LogP contribution in [0.5, 0.6) is 0 Å². The fourth-order valence-corrected chi connectivity index (χ4v) is 2.88. The Hall–Kier alpha value is -0.350. The molecule has 0 amide bonds. The normalized spacial score (nSPS) is 27.2. The summed E-state index contributed by atoms with van der Waals surface area (Å²) in [7, 11) is 2.01. The highest BCUT2D eigenvalue weighted by molar-refractivity contribution is 9.09. The Labute approximate surface area is 106 Å². The van der Waals surface area contributed by atoms with Gasteiger partial charge in [0.1, 0.15) is 0 Å². The second-order valence-corrected chi connectivity index (χ2v) is 5.95. The van der Waals surface area contributed by atoms with Crippen LogP contribution >= 0.6 is 15.9 Å². The van der Waals surface area contributed by atoms with Crippen molar-refractivity contribution in [1.82, 2.24) is 14.7 Å². The van der Waals surface area contributed by atoms with Gasteiger partial charge in [-0.3, -0.25) is 4.68 Å². The Kier molecular flexibility index (Phi) is 4.03. The quantitative estimate of drug-likeness (QED) is 0.793. The molecule has 90 valence electrons. The molecule has 4 heteroatoms. The van der Waals surface area contributed by atoms with E-state index in [9.17, 15) is 0 Å². The summed E-state index contributed by atoms with van der Waals surface area (Å²) in [6.07, 6.45) is 4.28. The van der Waals surface area contributed by atoms with Gasteiger partial charge in [0, 0.05) is 43.3 Å². The molecule has 3 nitrogen and oxygen atoms in total. The van der Waals surface area contributed by atoms with E-state index in [4.69, 9.17) is 0 Å². The van der Waals surface area contributed by atoms with Gasteiger partial charge in [-0.2, -0.15) is 5.10 Å². The fourth-order valence-electron chi connectivity index (χ4n) is 2.21. The topological polar surface area (TPSA) is 21.1 Å². The van der Waals surface area contributed by atoms with Gasteiger partial charge < -0.3 is 4.90 Å². The third-order valence-electron chi connectivity index (χ3n) is 3.56. The van der Waals surface area contributed by atoms with Crippen LogP contribution in [0.15, 0.2) is 12.3 Å². The summed E-state index contributed by atoms with van der Waals surface area (Å²) < 4.78 is 1.97. The molecule has 1 aliphatic heterocycles. The van der Waals surface area contributed by atoms with Crippen LogP contribution in [0.3, 0.4) is 0 Å². The molecule has 0 radical (unpaired) electrons. The number of aryl methyl sites for hydroxylation is 1. The highest BCUT2D eigenvalue weighted by Gasteiger charge is 2.23. The Morgan fingerprint density at radius 2 is 2.38 bits per heavy atom. The van der Waals surface area contributed by atoms with E-state index in [0.717, 1.165) is 18.9 Å². The van der Waals surface area contributed by atoms with E-state index in [1.165, 1.54) is 25.2 Å². The van der Waals surface area contributed by atoms with Crippen LogP contribution in [0.25, 0.3) is 0 Å². The number of alkyl halides is 1. The minimum absolute atomic E-state index is 0.660. The number of aromatic nitrogens is 2. The van der Waals surface area contributed by atoms with E-state index in [2.05, 4.69) is 38.9 Å². The summed E-state index contributed by atoms with van der Waals surface area (Å²) in [5.41, 5.74) is 1.32. The second kappa shape index (κ2) is 5.32. The molecule has 1 aromatic heterocycles. The molecule has 0 N–H and O–H groups in total. The van der Waals surface area contributed by atoms with Crippen molar-refractivity contribution < 1.29 is 0 Å². The largest absolute Gasteiger partial charge is 0.302 e. The Morgan fingerprint density at radius 1 is 1.56 bits per heavy atom. The lowest BCUT2D eigenvalue weighted by Gasteiger charge is -2.34. The van der Waals surface area contributed by atoms with Gasteiger partial charge in [-0.05, 0) is 24.9 Å². The summed E-state index contributed by atoms with van der Waals surface area (Å²) in [6, 6.07) is 2.11. The van der Waals surface area contributed by atoms with Gasteiger partial charge in [0.2, 0.25) is 0 Å². The summed E-state index contributed by atoms with van der Waals surface area (Å²) in [6.45, 7) is 5.90. The molecule has 0 bridgehead atoms. The van der Waals surface area contributed by atoms with Crippen molar-refractivity contribution in [1.29, 1.82) is 0 Å². The third-order valence-corrected chi connectivity index (χ3v) is 4.75. The number of likely N-dealkylation sites (tertiary alicyclic amines) is 1. The van der Waals surface area contributed by atoms with Gasteiger partial charge in [0.25, 0.3) is 0 Å². The lowest BCUT2D eigenvalue weighted by Crippen LogP contribution is -2.41. The van der Waals surface area contributed by atoms with Crippen LogP contribution in [0.4, 0.5) is 0 Å². The first kappa shape index (κ1) is 12.1. The molecule has 2 atom stereocenters. The maximum atomic E-state index is 4.20. The lowest BCUT2D eigenvalue weighted by atomic mass is 9.99. The van der Waals surface area contributed by atoms with E-state index in [1.54, 1.807) is 0 Å². The van der Waals surface area contributed by atoms with Crippen LogP contribution < -0.4 is 0 Å². The number of halogens is 1. The summed E-state index contributed by atoms with van der Waals surface area (Å²) in [4.78, 5) is 3.21. The molecular formula is C12H20BrN3. The van der Waals surface area contributed by atoms with Crippen molar-refractivity contribution in [3.8, 4) is 0 Å². The summed E-state index contributed by atoms with van der Waals surface area (Å²) in [5, 5.41) is 4.20. The van der Waals surface area contributed by atoms with Gasteiger partial charge in [-0.15, -0.1) is 0 Å². The molecule has 0 aliphatic carbocycles. The van der Waals surface area contributed by atoms with Crippen molar-refractivity contribution >= 4 is 15.9 Å². The van der Waals surface area contributed by atoms with Gasteiger partial charge in [0.15, 0.2) is 0 Å². The van der Waals surface area contributed by atoms with Crippen LogP contribution in [0, 0.1) is 5.92 Å². The Balaban J connectivity index is 1.81. The molecule has 2 heterocycles. The number of hydrogen-bond donors (Lipinski definition) is 0. The van der Waals surface area contributed by atoms with Crippen LogP contribution in [-0.2, 0) is 13.5 Å². The van der Waals surface area contributed by atoms with Crippen molar-refractivity contribution in [3.05, 3.63) is 18.0 Å². The summed E-state index contributed by atoms with van der Waals surface area (Å²) in [5.74, 6) is 0.813. The van der Waals surface area contributed by atoms with E-state index in [0.29, 0.717) is 4.83 Å². The second-order valence-electron chi connectivity index (χ2n) is 4.78.